The molecule has 0 aromatic heterocycles. The van der Waals surface area contributed by atoms with Gasteiger partial charge in [0.05, 0.1) is 0 Å². The van der Waals surface area contributed by atoms with Crippen LogP contribution in [-0.4, -0.2) is 18.9 Å². The van der Waals surface area contributed by atoms with E-state index in [2.05, 4.69) is 66.0 Å². The van der Waals surface area contributed by atoms with E-state index in [-0.39, 0.29) is 0 Å². The van der Waals surface area contributed by atoms with Crippen molar-refractivity contribution in [3.63, 3.8) is 0 Å². The summed E-state index contributed by atoms with van der Waals surface area (Å²) in [6.45, 7) is 5.59. The topological polar surface area (TPSA) is 3.24 Å². The number of halogens is 1. The van der Waals surface area contributed by atoms with E-state index in [1.54, 1.807) is 0 Å². The zero-order valence-electron chi connectivity index (χ0n) is 9.13. The number of nitrogens with zero attached hydrogens (tertiary/aromatic N) is 1. The Morgan fingerprint density at radius 3 is 2.29 bits per heavy atom. The fraction of sp³-hybridized carbons (Fsp3) is 0.500. The molecule has 1 aromatic carbocycles. The van der Waals surface area contributed by atoms with Gasteiger partial charge in [-0.2, -0.15) is 0 Å². The Bertz CT molecular complexity index is 269. The monoisotopic (exact) mass is 255 g/mol. The Labute approximate surface area is 95.2 Å². The van der Waals surface area contributed by atoms with Gasteiger partial charge in [-0.05, 0) is 17.5 Å². The smallest absolute Gasteiger partial charge is 0.0363 e. The molecule has 0 heterocycles. The Hall–Kier alpha value is -0.500. The van der Waals surface area contributed by atoms with Gasteiger partial charge in [0.1, 0.15) is 0 Å². The Kier molecular flexibility index (Phi) is 3.99. The second kappa shape index (κ2) is 4.83. The lowest BCUT2D eigenvalue weighted by Crippen LogP contribution is -2.32. The van der Waals surface area contributed by atoms with Crippen molar-refractivity contribution in [2.75, 3.05) is 23.8 Å². The van der Waals surface area contributed by atoms with Crippen LogP contribution >= 0.6 is 15.9 Å². The van der Waals surface area contributed by atoms with E-state index in [4.69, 9.17) is 0 Å². The van der Waals surface area contributed by atoms with Crippen LogP contribution < -0.4 is 4.90 Å². The molecule has 0 bridgehead atoms. The van der Waals surface area contributed by atoms with Gasteiger partial charge in [-0.25, -0.2) is 0 Å². The SMILES string of the molecule is CN(CC(C)(C)CBr)c1ccccc1. The number of rotatable bonds is 4. The van der Waals surface area contributed by atoms with Crippen molar-refractivity contribution in [1.82, 2.24) is 0 Å². The van der Waals surface area contributed by atoms with Gasteiger partial charge in [-0.3, -0.25) is 0 Å². The third-order valence-corrected chi connectivity index (χ3v) is 3.74. The summed E-state index contributed by atoms with van der Waals surface area (Å²) >= 11 is 3.55. The first-order valence-corrected chi connectivity index (χ1v) is 5.99. The van der Waals surface area contributed by atoms with Crippen LogP contribution in [-0.2, 0) is 0 Å². The summed E-state index contributed by atoms with van der Waals surface area (Å²) in [5.74, 6) is 0. The van der Waals surface area contributed by atoms with E-state index in [0.29, 0.717) is 5.41 Å². The minimum absolute atomic E-state index is 0.310. The van der Waals surface area contributed by atoms with Gasteiger partial charge in [-0.15, -0.1) is 0 Å². The lowest BCUT2D eigenvalue weighted by Gasteiger charge is -2.30. The first kappa shape index (κ1) is 11.6. The number of anilines is 1. The quantitative estimate of drug-likeness (QED) is 0.745. The zero-order valence-corrected chi connectivity index (χ0v) is 10.7. The van der Waals surface area contributed by atoms with Crippen LogP contribution in [0.5, 0.6) is 0 Å². The van der Waals surface area contributed by atoms with Gasteiger partial charge in [0.2, 0.25) is 0 Å². The predicted molar refractivity (Wildman–Crippen MR) is 67.3 cm³/mol. The molecule has 0 unspecified atom stereocenters. The molecule has 1 nitrogen and oxygen atoms in total. The molecular formula is C12H18BrN. The number of hydrogen-bond donors (Lipinski definition) is 0. The fourth-order valence-electron chi connectivity index (χ4n) is 1.46. The molecule has 78 valence electrons. The molecule has 2 heteroatoms. The van der Waals surface area contributed by atoms with Gasteiger partial charge < -0.3 is 4.90 Å². The van der Waals surface area contributed by atoms with Crippen LogP contribution in [0, 0.1) is 5.41 Å². The molecule has 1 rings (SSSR count). The second-order valence-electron chi connectivity index (χ2n) is 4.49. The highest BCUT2D eigenvalue weighted by molar-refractivity contribution is 9.09. The summed E-state index contributed by atoms with van der Waals surface area (Å²) < 4.78 is 0. The van der Waals surface area contributed by atoms with Crippen LogP contribution in [0.25, 0.3) is 0 Å². The van der Waals surface area contributed by atoms with Crippen LogP contribution in [0.1, 0.15) is 13.8 Å². The molecule has 14 heavy (non-hydrogen) atoms. The second-order valence-corrected chi connectivity index (χ2v) is 5.05. The molecule has 1 aromatic rings. The molecule has 0 amide bonds. The largest absolute Gasteiger partial charge is 0.374 e. The van der Waals surface area contributed by atoms with Crippen LogP contribution in [0.4, 0.5) is 5.69 Å². The van der Waals surface area contributed by atoms with Gasteiger partial charge in [-0.1, -0.05) is 48.0 Å². The highest BCUT2D eigenvalue weighted by Crippen LogP contribution is 2.22. The highest BCUT2D eigenvalue weighted by Gasteiger charge is 2.18. The standard InChI is InChI=1S/C12H18BrN/c1-12(2,9-13)10-14(3)11-7-5-4-6-8-11/h4-8H,9-10H2,1-3H3. The summed E-state index contributed by atoms with van der Waals surface area (Å²) in [4.78, 5) is 2.29. The molecule has 0 aliphatic rings. The first-order valence-electron chi connectivity index (χ1n) is 4.87. The van der Waals surface area contributed by atoms with Crippen molar-refractivity contribution in [2.45, 2.75) is 13.8 Å². The molecule has 0 saturated heterocycles. The summed E-state index contributed by atoms with van der Waals surface area (Å²) in [5.41, 5.74) is 1.59. The molecule has 0 aliphatic carbocycles. The van der Waals surface area contributed by atoms with Crippen molar-refractivity contribution >= 4 is 21.6 Å². The Balaban J connectivity index is 2.64. The fourth-order valence-corrected chi connectivity index (χ4v) is 1.64. The van der Waals surface area contributed by atoms with Crippen molar-refractivity contribution in [3.05, 3.63) is 30.3 Å². The van der Waals surface area contributed by atoms with Crippen molar-refractivity contribution in [1.29, 1.82) is 0 Å². The van der Waals surface area contributed by atoms with Crippen LogP contribution in [0.15, 0.2) is 30.3 Å². The van der Waals surface area contributed by atoms with E-state index < -0.39 is 0 Å². The van der Waals surface area contributed by atoms with Gasteiger partial charge in [0.15, 0.2) is 0 Å². The van der Waals surface area contributed by atoms with E-state index in [1.165, 1.54) is 5.69 Å². The number of alkyl halides is 1. The normalized spacial score (nSPS) is 11.4. The maximum atomic E-state index is 3.55. The van der Waals surface area contributed by atoms with Gasteiger partial charge >= 0.3 is 0 Å². The van der Waals surface area contributed by atoms with Crippen molar-refractivity contribution in [3.8, 4) is 0 Å². The van der Waals surface area contributed by atoms with Crippen molar-refractivity contribution < 1.29 is 0 Å². The average molecular weight is 256 g/mol. The van der Waals surface area contributed by atoms with E-state index in [1.807, 2.05) is 6.07 Å². The zero-order chi connectivity index (χ0) is 10.6. The lowest BCUT2D eigenvalue weighted by atomic mass is 9.96. The predicted octanol–water partition coefficient (Wildman–Crippen LogP) is 3.54. The third kappa shape index (κ3) is 3.33. The summed E-state index contributed by atoms with van der Waals surface area (Å²) in [6.07, 6.45) is 0. The van der Waals surface area contributed by atoms with Gasteiger partial charge in [0.25, 0.3) is 0 Å². The molecular weight excluding hydrogens is 238 g/mol. The summed E-state index contributed by atoms with van der Waals surface area (Å²) in [6, 6.07) is 10.5. The molecule has 0 aliphatic heterocycles. The van der Waals surface area contributed by atoms with Crippen molar-refractivity contribution in [2.24, 2.45) is 5.41 Å². The highest BCUT2D eigenvalue weighted by atomic mass is 79.9. The number of benzene rings is 1. The molecule has 0 radical (unpaired) electrons. The third-order valence-electron chi connectivity index (χ3n) is 2.22. The molecule has 0 N–H and O–H groups in total. The minimum atomic E-state index is 0.310. The van der Waals surface area contributed by atoms with E-state index in [0.717, 1.165) is 11.9 Å². The lowest BCUT2D eigenvalue weighted by molar-refractivity contribution is 0.432. The van der Waals surface area contributed by atoms with E-state index >= 15 is 0 Å². The van der Waals surface area contributed by atoms with E-state index in [9.17, 15) is 0 Å². The summed E-state index contributed by atoms with van der Waals surface area (Å²) in [7, 11) is 2.14. The van der Waals surface area contributed by atoms with Crippen LogP contribution in [0.2, 0.25) is 0 Å². The minimum Gasteiger partial charge on any atom is -0.374 e. The molecule has 0 spiro atoms. The molecule has 0 fully saturated rings. The molecule has 0 atom stereocenters. The van der Waals surface area contributed by atoms with Crippen LogP contribution in [0.3, 0.4) is 0 Å². The Morgan fingerprint density at radius 1 is 1.21 bits per heavy atom. The van der Waals surface area contributed by atoms with Gasteiger partial charge in [0, 0.05) is 24.6 Å². The maximum absolute atomic E-state index is 3.55. The Morgan fingerprint density at radius 2 is 1.79 bits per heavy atom. The maximum Gasteiger partial charge on any atom is 0.0363 e. The molecule has 0 saturated carbocycles. The summed E-state index contributed by atoms with van der Waals surface area (Å²) in [5, 5.41) is 1.02. The average Bonchev–Trinajstić information content (AvgIpc) is 2.19. The number of hydrogen-bond acceptors (Lipinski definition) is 1. The number of para-hydroxylation sites is 1. The first-order chi connectivity index (χ1) is 6.55.